The fourth-order valence-electron chi connectivity index (χ4n) is 3.18. The molecule has 29 heavy (non-hydrogen) atoms. The first-order chi connectivity index (χ1) is 14.0. The second-order valence-electron chi connectivity index (χ2n) is 6.79. The van der Waals surface area contributed by atoms with Crippen LogP contribution in [0.25, 0.3) is 0 Å². The van der Waals surface area contributed by atoms with E-state index in [2.05, 4.69) is 10.4 Å². The van der Waals surface area contributed by atoms with Crippen LogP contribution >= 0.6 is 0 Å². The number of rotatable bonds is 7. The minimum Gasteiger partial charge on any atom is -0.497 e. The van der Waals surface area contributed by atoms with Crippen LogP contribution in [0.1, 0.15) is 36.9 Å². The van der Waals surface area contributed by atoms with E-state index in [-0.39, 0.29) is 24.3 Å². The van der Waals surface area contributed by atoms with E-state index in [0.29, 0.717) is 30.2 Å². The van der Waals surface area contributed by atoms with Crippen molar-refractivity contribution in [1.82, 2.24) is 10.3 Å². The average molecular weight is 395 g/mol. The van der Waals surface area contributed by atoms with Gasteiger partial charge in [-0.1, -0.05) is 30.3 Å². The standard InChI is InChI=1S/C22H25N3O4/c1-15(18-13-17(28-2)9-11-20(18)29-3)23-22(27)19-10-12-21(26)25(24-19)14-16-7-5-4-6-8-16/h4-9,11,13,15H,10,12,14H2,1-3H3,(H,23,27). The van der Waals surface area contributed by atoms with E-state index in [0.717, 1.165) is 11.1 Å². The largest absolute Gasteiger partial charge is 0.497 e. The highest BCUT2D eigenvalue weighted by molar-refractivity contribution is 6.39. The first kappa shape index (κ1) is 20.4. The summed E-state index contributed by atoms with van der Waals surface area (Å²) in [6, 6.07) is 14.7. The molecule has 152 valence electrons. The van der Waals surface area contributed by atoms with Crippen LogP contribution in [-0.4, -0.2) is 36.8 Å². The van der Waals surface area contributed by atoms with Crippen molar-refractivity contribution < 1.29 is 19.1 Å². The maximum absolute atomic E-state index is 12.8. The third-order valence-electron chi connectivity index (χ3n) is 4.79. The molecule has 1 unspecified atom stereocenters. The first-order valence-electron chi connectivity index (χ1n) is 9.46. The molecule has 1 N–H and O–H groups in total. The molecule has 2 amide bonds. The fraction of sp³-hybridized carbons (Fsp3) is 0.318. The van der Waals surface area contributed by atoms with Crippen LogP contribution in [0.2, 0.25) is 0 Å². The summed E-state index contributed by atoms with van der Waals surface area (Å²) in [4.78, 5) is 25.0. The molecule has 1 aliphatic rings. The third-order valence-corrected chi connectivity index (χ3v) is 4.79. The minimum atomic E-state index is -0.324. The molecule has 1 aliphatic heterocycles. The highest BCUT2D eigenvalue weighted by atomic mass is 16.5. The zero-order valence-electron chi connectivity index (χ0n) is 16.8. The number of nitrogens with one attached hydrogen (secondary N) is 1. The smallest absolute Gasteiger partial charge is 0.267 e. The van der Waals surface area contributed by atoms with Gasteiger partial charge in [0.05, 0.1) is 26.8 Å². The van der Waals surface area contributed by atoms with Gasteiger partial charge in [-0.3, -0.25) is 9.59 Å². The molecule has 0 saturated carbocycles. The van der Waals surface area contributed by atoms with Gasteiger partial charge in [0.1, 0.15) is 17.2 Å². The van der Waals surface area contributed by atoms with Gasteiger partial charge in [-0.15, -0.1) is 0 Å². The van der Waals surface area contributed by atoms with Gasteiger partial charge in [-0.25, -0.2) is 5.01 Å². The quantitative estimate of drug-likeness (QED) is 0.781. The third kappa shape index (κ3) is 4.93. The van der Waals surface area contributed by atoms with Gasteiger partial charge >= 0.3 is 0 Å². The van der Waals surface area contributed by atoms with E-state index in [9.17, 15) is 9.59 Å². The summed E-state index contributed by atoms with van der Waals surface area (Å²) in [7, 11) is 3.17. The summed E-state index contributed by atoms with van der Waals surface area (Å²) < 4.78 is 10.7. The summed E-state index contributed by atoms with van der Waals surface area (Å²) in [6.45, 7) is 2.21. The first-order valence-corrected chi connectivity index (χ1v) is 9.46. The van der Waals surface area contributed by atoms with Gasteiger partial charge in [0.15, 0.2) is 0 Å². The van der Waals surface area contributed by atoms with Crippen molar-refractivity contribution in [3.63, 3.8) is 0 Å². The second-order valence-corrected chi connectivity index (χ2v) is 6.79. The highest BCUT2D eigenvalue weighted by Crippen LogP contribution is 2.29. The molecule has 7 heteroatoms. The molecule has 0 saturated heterocycles. The summed E-state index contributed by atoms with van der Waals surface area (Å²) in [5, 5.41) is 8.63. The zero-order chi connectivity index (χ0) is 20.8. The molecule has 0 bridgehead atoms. The molecule has 0 aliphatic carbocycles. The zero-order valence-corrected chi connectivity index (χ0v) is 16.8. The van der Waals surface area contributed by atoms with Crippen LogP contribution in [0, 0.1) is 0 Å². The lowest BCUT2D eigenvalue weighted by Gasteiger charge is -2.24. The van der Waals surface area contributed by atoms with Gasteiger partial charge in [0.25, 0.3) is 5.91 Å². The number of hydrogen-bond acceptors (Lipinski definition) is 5. The van der Waals surface area contributed by atoms with E-state index in [1.165, 1.54) is 5.01 Å². The summed E-state index contributed by atoms with van der Waals surface area (Å²) in [5.74, 6) is 0.947. The number of carbonyl (C=O) groups is 2. The molecule has 0 fully saturated rings. The van der Waals surface area contributed by atoms with E-state index >= 15 is 0 Å². The SMILES string of the molecule is COc1ccc(OC)c(C(C)NC(=O)C2=NN(Cc3ccccc3)C(=O)CC2)c1. The van der Waals surface area contributed by atoms with E-state index in [1.54, 1.807) is 26.4 Å². The van der Waals surface area contributed by atoms with Crippen LogP contribution in [0.4, 0.5) is 0 Å². The molecule has 0 radical (unpaired) electrons. The molecule has 1 heterocycles. The Bertz CT molecular complexity index is 912. The summed E-state index contributed by atoms with van der Waals surface area (Å²) in [5.41, 5.74) is 2.10. The van der Waals surface area contributed by atoms with Crippen LogP contribution in [0.15, 0.2) is 53.6 Å². The Morgan fingerprint density at radius 1 is 1.14 bits per heavy atom. The Labute approximate surface area is 170 Å². The number of ether oxygens (including phenoxy) is 2. The fourth-order valence-corrected chi connectivity index (χ4v) is 3.18. The number of nitrogens with zero attached hydrogens (tertiary/aromatic N) is 2. The molecule has 3 rings (SSSR count). The molecule has 0 aromatic heterocycles. The van der Waals surface area contributed by atoms with Crippen molar-refractivity contribution in [1.29, 1.82) is 0 Å². The Hall–Kier alpha value is -3.35. The summed E-state index contributed by atoms with van der Waals surface area (Å²) >= 11 is 0. The molecular formula is C22H25N3O4. The van der Waals surface area contributed by atoms with Crippen molar-refractivity contribution >= 4 is 17.5 Å². The van der Waals surface area contributed by atoms with Crippen LogP contribution < -0.4 is 14.8 Å². The summed E-state index contributed by atoms with van der Waals surface area (Å²) in [6.07, 6.45) is 0.577. The maximum Gasteiger partial charge on any atom is 0.267 e. The number of amides is 2. The predicted octanol–water partition coefficient (Wildman–Crippen LogP) is 3.06. The monoisotopic (exact) mass is 395 g/mol. The second kappa shape index (κ2) is 9.23. The molecule has 2 aromatic carbocycles. The Morgan fingerprint density at radius 3 is 2.59 bits per heavy atom. The Kier molecular flexibility index (Phi) is 6.49. The van der Waals surface area contributed by atoms with Gasteiger partial charge < -0.3 is 14.8 Å². The van der Waals surface area contributed by atoms with E-state index < -0.39 is 0 Å². The maximum atomic E-state index is 12.8. The van der Waals surface area contributed by atoms with Crippen molar-refractivity contribution in [3.05, 3.63) is 59.7 Å². The molecular weight excluding hydrogens is 370 g/mol. The molecule has 1 atom stereocenters. The van der Waals surface area contributed by atoms with Gasteiger partial charge in [-0.2, -0.15) is 5.10 Å². The van der Waals surface area contributed by atoms with E-state index in [4.69, 9.17) is 9.47 Å². The Balaban J connectivity index is 1.74. The Morgan fingerprint density at radius 2 is 1.90 bits per heavy atom. The topological polar surface area (TPSA) is 80.2 Å². The van der Waals surface area contributed by atoms with E-state index in [1.807, 2.05) is 43.3 Å². The predicted molar refractivity (Wildman–Crippen MR) is 110 cm³/mol. The number of hydrogen-bond donors (Lipinski definition) is 1. The van der Waals surface area contributed by atoms with Gasteiger partial charge in [0.2, 0.25) is 5.91 Å². The molecule has 7 nitrogen and oxygen atoms in total. The molecule has 0 spiro atoms. The van der Waals surface area contributed by atoms with Crippen LogP contribution in [-0.2, 0) is 16.1 Å². The lowest BCUT2D eigenvalue weighted by Crippen LogP contribution is -2.39. The number of hydrazone groups is 1. The lowest BCUT2D eigenvalue weighted by molar-refractivity contribution is -0.132. The minimum absolute atomic E-state index is 0.0899. The normalized spacial score (nSPS) is 14.8. The van der Waals surface area contributed by atoms with Gasteiger partial charge in [-0.05, 0) is 30.7 Å². The van der Waals surface area contributed by atoms with Crippen molar-refractivity contribution in [2.24, 2.45) is 5.10 Å². The number of methoxy groups -OCH3 is 2. The van der Waals surface area contributed by atoms with Crippen molar-refractivity contribution in [2.45, 2.75) is 32.4 Å². The van der Waals surface area contributed by atoms with Crippen LogP contribution in [0.5, 0.6) is 11.5 Å². The highest BCUT2D eigenvalue weighted by Gasteiger charge is 2.26. The number of carbonyl (C=O) groups excluding carboxylic acids is 2. The molecule has 2 aromatic rings. The van der Waals surface area contributed by atoms with Gasteiger partial charge in [0, 0.05) is 18.4 Å². The van der Waals surface area contributed by atoms with Crippen LogP contribution in [0.3, 0.4) is 0 Å². The average Bonchev–Trinajstić information content (AvgIpc) is 2.75. The number of benzene rings is 2. The lowest BCUT2D eigenvalue weighted by atomic mass is 10.1. The van der Waals surface area contributed by atoms with Crippen molar-refractivity contribution in [3.8, 4) is 11.5 Å². The van der Waals surface area contributed by atoms with Crippen molar-refractivity contribution in [2.75, 3.05) is 14.2 Å².